The monoisotopic (exact) mass is 402 g/mol. The van der Waals surface area contributed by atoms with Crippen LogP contribution in [-0.2, 0) is 5.41 Å². The number of rotatable bonds is 1. The van der Waals surface area contributed by atoms with Gasteiger partial charge in [0.25, 0.3) is 5.56 Å². The summed E-state index contributed by atoms with van der Waals surface area (Å²) in [4.78, 5) is 19.2. The van der Waals surface area contributed by atoms with E-state index < -0.39 is 0 Å². The van der Waals surface area contributed by atoms with Gasteiger partial charge in [0, 0.05) is 15.5 Å². The van der Waals surface area contributed by atoms with E-state index in [-0.39, 0.29) is 16.8 Å². The van der Waals surface area contributed by atoms with Crippen LogP contribution in [0.25, 0.3) is 11.4 Å². The van der Waals surface area contributed by atoms with Gasteiger partial charge in [-0.2, -0.15) is 0 Å². The number of hydrogen-bond donors (Lipinski definition) is 1. The van der Waals surface area contributed by atoms with Crippen LogP contribution >= 0.6 is 31.9 Å². The Balaban J connectivity index is 2.74. The molecule has 106 valence electrons. The SMILES string of the molecule is CC(C)(C)c1nc(-c2cc(F)ccc2Br)[nH]c(=O)c1Br. The Hall–Kier alpha value is -1.01. The molecular weight excluding hydrogens is 391 g/mol. The molecule has 0 saturated carbocycles. The molecule has 0 unspecified atom stereocenters. The fourth-order valence-electron chi connectivity index (χ4n) is 1.76. The summed E-state index contributed by atoms with van der Waals surface area (Å²) in [6, 6.07) is 4.27. The van der Waals surface area contributed by atoms with Gasteiger partial charge in [0.05, 0.1) is 5.69 Å². The smallest absolute Gasteiger partial charge is 0.265 e. The van der Waals surface area contributed by atoms with Gasteiger partial charge in [-0.15, -0.1) is 0 Å². The maximum absolute atomic E-state index is 13.4. The van der Waals surface area contributed by atoms with Crippen LogP contribution in [-0.4, -0.2) is 9.97 Å². The third kappa shape index (κ3) is 3.01. The molecule has 1 heterocycles. The van der Waals surface area contributed by atoms with Crippen molar-refractivity contribution in [1.29, 1.82) is 0 Å². The minimum atomic E-state index is -0.383. The molecule has 0 saturated heterocycles. The first kappa shape index (κ1) is 15.4. The van der Waals surface area contributed by atoms with Crippen molar-refractivity contribution in [2.45, 2.75) is 26.2 Å². The fourth-order valence-corrected chi connectivity index (χ4v) is 2.98. The highest BCUT2D eigenvalue weighted by Crippen LogP contribution is 2.30. The first-order valence-electron chi connectivity index (χ1n) is 5.96. The molecule has 0 atom stereocenters. The zero-order valence-electron chi connectivity index (χ0n) is 11.2. The minimum absolute atomic E-state index is 0.281. The molecule has 0 aliphatic carbocycles. The van der Waals surface area contributed by atoms with Crippen LogP contribution in [0.1, 0.15) is 26.5 Å². The molecule has 0 fully saturated rings. The van der Waals surface area contributed by atoms with Crippen molar-refractivity contribution in [3.05, 3.63) is 49.0 Å². The van der Waals surface area contributed by atoms with Gasteiger partial charge in [-0.05, 0) is 34.1 Å². The highest BCUT2D eigenvalue weighted by molar-refractivity contribution is 9.10. The molecule has 0 bridgehead atoms. The molecule has 1 aromatic carbocycles. The van der Waals surface area contributed by atoms with Gasteiger partial charge in [-0.1, -0.05) is 36.7 Å². The first-order chi connectivity index (χ1) is 9.20. The van der Waals surface area contributed by atoms with Crippen molar-refractivity contribution >= 4 is 31.9 Å². The standard InChI is InChI=1S/C14H13Br2FN2O/c1-14(2,3)11-10(16)13(20)19-12(18-11)8-6-7(17)4-5-9(8)15/h4-6H,1-3H3,(H,18,19,20). The fraction of sp³-hybridized carbons (Fsp3) is 0.286. The van der Waals surface area contributed by atoms with Gasteiger partial charge in [0.1, 0.15) is 16.1 Å². The van der Waals surface area contributed by atoms with E-state index >= 15 is 0 Å². The second kappa shape index (κ2) is 5.41. The number of nitrogens with zero attached hydrogens (tertiary/aromatic N) is 1. The lowest BCUT2D eigenvalue weighted by Gasteiger charge is -2.19. The van der Waals surface area contributed by atoms with Gasteiger partial charge in [0.2, 0.25) is 0 Å². The molecule has 0 radical (unpaired) electrons. The lowest BCUT2D eigenvalue weighted by Crippen LogP contribution is -2.22. The van der Waals surface area contributed by atoms with Crippen LogP contribution in [0.2, 0.25) is 0 Å². The summed E-state index contributed by atoms with van der Waals surface area (Å²) in [6.45, 7) is 5.89. The number of hydrogen-bond acceptors (Lipinski definition) is 2. The maximum atomic E-state index is 13.4. The van der Waals surface area contributed by atoms with E-state index in [9.17, 15) is 9.18 Å². The zero-order valence-corrected chi connectivity index (χ0v) is 14.4. The maximum Gasteiger partial charge on any atom is 0.265 e. The van der Waals surface area contributed by atoms with Gasteiger partial charge in [-0.25, -0.2) is 9.37 Å². The Morgan fingerprint density at radius 2 is 1.90 bits per heavy atom. The number of benzene rings is 1. The molecule has 0 aliphatic rings. The number of halogens is 3. The molecule has 2 rings (SSSR count). The minimum Gasteiger partial charge on any atom is -0.305 e. The Bertz CT molecular complexity index is 720. The molecule has 20 heavy (non-hydrogen) atoms. The van der Waals surface area contributed by atoms with E-state index in [0.29, 0.717) is 26.0 Å². The van der Waals surface area contributed by atoms with E-state index in [4.69, 9.17) is 0 Å². The van der Waals surface area contributed by atoms with Crippen LogP contribution in [0.3, 0.4) is 0 Å². The number of nitrogens with one attached hydrogen (secondary N) is 1. The van der Waals surface area contributed by atoms with Crippen molar-refractivity contribution in [3.63, 3.8) is 0 Å². The third-order valence-electron chi connectivity index (χ3n) is 2.76. The Morgan fingerprint density at radius 3 is 2.50 bits per heavy atom. The normalized spacial score (nSPS) is 11.7. The Morgan fingerprint density at radius 1 is 1.25 bits per heavy atom. The van der Waals surface area contributed by atoms with E-state index in [0.717, 1.165) is 0 Å². The Kier molecular flexibility index (Phi) is 4.16. The lowest BCUT2D eigenvalue weighted by molar-refractivity contribution is 0.562. The van der Waals surface area contributed by atoms with Crippen LogP contribution in [0.15, 0.2) is 31.9 Å². The van der Waals surface area contributed by atoms with Crippen LogP contribution in [0.4, 0.5) is 4.39 Å². The van der Waals surface area contributed by atoms with Crippen LogP contribution < -0.4 is 5.56 Å². The van der Waals surface area contributed by atoms with Crippen molar-refractivity contribution in [2.75, 3.05) is 0 Å². The van der Waals surface area contributed by atoms with Gasteiger partial charge in [0.15, 0.2) is 0 Å². The van der Waals surface area contributed by atoms with Crippen LogP contribution in [0.5, 0.6) is 0 Å². The summed E-state index contributed by atoms with van der Waals surface area (Å²) in [5.74, 6) is -0.0411. The predicted octanol–water partition coefficient (Wildman–Crippen LogP) is 4.40. The Labute approximate surface area is 132 Å². The summed E-state index contributed by atoms with van der Waals surface area (Å²) >= 11 is 6.61. The molecule has 1 N–H and O–H groups in total. The van der Waals surface area contributed by atoms with Crippen molar-refractivity contribution in [3.8, 4) is 11.4 Å². The van der Waals surface area contributed by atoms with Crippen molar-refractivity contribution in [1.82, 2.24) is 9.97 Å². The van der Waals surface area contributed by atoms with Gasteiger partial charge >= 0.3 is 0 Å². The van der Waals surface area contributed by atoms with Gasteiger partial charge in [-0.3, -0.25) is 4.79 Å². The second-order valence-electron chi connectivity index (χ2n) is 5.45. The van der Waals surface area contributed by atoms with Crippen molar-refractivity contribution < 1.29 is 4.39 Å². The van der Waals surface area contributed by atoms with E-state index in [1.54, 1.807) is 6.07 Å². The highest BCUT2D eigenvalue weighted by atomic mass is 79.9. The molecule has 2 aromatic rings. The zero-order chi connectivity index (χ0) is 15.1. The summed E-state index contributed by atoms with van der Waals surface area (Å²) in [6.07, 6.45) is 0. The number of aromatic nitrogens is 2. The van der Waals surface area contributed by atoms with Crippen molar-refractivity contribution in [2.24, 2.45) is 0 Å². The van der Waals surface area contributed by atoms with Crippen LogP contribution in [0, 0.1) is 5.82 Å². The largest absolute Gasteiger partial charge is 0.305 e. The van der Waals surface area contributed by atoms with E-state index in [1.807, 2.05) is 20.8 Å². The summed E-state index contributed by atoms with van der Waals surface area (Å²) in [5.41, 5.74) is 0.561. The average molecular weight is 404 g/mol. The predicted molar refractivity (Wildman–Crippen MR) is 84.4 cm³/mol. The van der Waals surface area contributed by atoms with E-state index in [1.165, 1.54) is 12.1 Å². The molecule has 0 spiro atoms. The number of aromatic amines is 1. The highest BCUT2D eigenvalue weighted by Gasteiger charge is 2.23. The molecule has 0 amide bonds. The second-order valence-corrected chi connectivity index (χ2v) is 7.10. The first-order valence-corrected chi connectivity index (χ1v) is 7.54. The molecule has 1 aromatic heterocycles. The molecule has 6 heteroatoms. The quantitative estimate of drug-likeness (QED) is 0.766. The molecular formula is C14H13Br2FN2O. The third-order valence-corrected chi connectivity index (χ3v) is 4.18. The average Bonchev–Trinajstić information content (AvgIpc) is 2.34. The summed E-state index contributed by atoms with van der Waals surface area (Å²) in [5, 5.41) is 0. The topological polar surface area (TPSA) is 45.8 Å². The van der Waals surface area contributed by atoms with Gasteiger partial charge < -0.3 is 4.98 Å². The molecule has 3 nitrogen and oxygen atoms in total. The lowest BCUT2D eigenvalue weighted by atomic mass is 9.92. The molecule has 0 aliphatic heterocycles. The van der Waals surface area contributed by atoms with E-state index in [2.05, 4.69) is 41.8 Å². The summed E-state index contributed by atoms with van der Waals surface area (Å²) in [7, 11) is 0. The summed E-state index contributed by atoms with van der Waals surface area (Å²) < 4.78 is 14.5. The number of H-pyrrole nitrogens is 1.